The molecule has 3 aromatic carbocycles. The highest BCUT2D eigenvalue weighted by Gasteiger charge is 2.28. The van der Waals surface area contributed by atoms with Gasteiger partial charge in [0.1, 0.15) is 0 Å². The second kappa shape index (κ2) is 7.83. The second-order valence-corrected chi connectivity index (χ2v) is 9.29. The third kappa shape index (κ3) is 3.23. The molecule has 0 unspecified atom stereocenters. The van der Waals surface area contributed by atoms with Crippen LogP contribution >= 0.6 is 11.6 Å². The predicted molar refractivity (Wildman–Crippen MR) is 134 cm³/mol. The molecule has 32 heavy (non-hydrogen) atoms. The van der Waals surface area contributed by atoms with E-state index in [1.807, 2.05) is 0 Å². The summed E-state index contributed by atoms with van der Waals surface area (Å²) in [6.07, 6.45) is 6.92. The lowest BCUT2D eigenvalue weighted by Crippen LogP contribution is -2.46. The molecule has 0 amide bonds. The van der Waals surface area contributed by atoms with Gasteiger partial charge in [0.15, 0.2) is 5.78 Å². The molecule has 1 heterocycles. The van der Waals surface area contributed by atoms with Crippen molar-refractivity contribution in [1.29, 1.82) is 0 Å². The number of carbonyl (C=O) groups is 1. The topological polar surface area (TPSA) is 23.6 Å². The Morgan fingerprint density at radius 1 is 0.844 bits per heavy atom. The highest BCUT2D eigenvalue weighted by molar-refractivity contribution is 6.38. The van der Waals surface area contributed by atoms with Crippen LogP contribution in [0, 0.1) is 0 Å². The molecular formula is C28H25ClN2O. The molecule has 0 atom stereocenters. The lowest BCUT2D eigenvalue weighted by molar-refractivity contribution is 0.0992. The van der Waals surface area contributed by atoms with Crippen molar-refractivity contribution in [3.63, 3.8) is 0 Å². The van der Waals surface area contributed by atoms with Gasteiger partial charge in [-0.05, 0) is 53.6 Å². The minimum atomic E-state index is 0.200. The average Bonchev–Trinajstić information content (AvgIpc) is 2.84. The van der Waals surface area contributed by atoms with Crippen molar-refractivity contribution < 1.29 is 4.79 Å². The Kier molecular flexibility index (Phi) is 4.80. The Balaban J connectivity index is 1.34. The first-order valence-electron chi connectivity index (χ1n) is 11.4. The summed E-state index contributed by atoms with van der Waals surface area (Å²) in [5.74, 6) is 0.200. The Labute approximate surface area is 193 Å². The quantitative estimate of drug-likeness (QED) is 0.453. The van der Waals surface area contributed by atoms with E-state index in [9.17, 15) is 4.79 Å². The van der Waals surface area contributed by atoms with Crippen LogP contribution < -0.4 is 9.80 Å². The predicted octanol–water partition coefficient (Wildman–Crippen LogP) is 6.51. The van der Waals surface area contributed by atoms with Crippen molar-refractivity contribution >= 4 is 45.1 Å². The van der Waals surface area contributed by atoms with Gasteiger partial charge >= 0.3 is 0 Å². The Hall–Kier alpha value is -3.04. The second-order valence-electron chi connectivity index (χ2n) is 8.88. The number of para-hydroxylation sites is 1. The minimum absolute atomic E-state index is 0.200. The summed E-state index contributed by atoms with van der Waals surface area (Å²) >= 11 is 6.86. The summed E-state index contributed by atoms with van der Waals surface area (Å²) in [6, 6.07) is 19.1. The molecule has 1 saturated heterocycles. The summed E-state index contributed by atoms with van der Waals surface area (Å²) in [4.78, 5) is 18.0. The third-order valence-corrected chi connectivity index (χ3v) is 7.34. The third-order valence-electron chi connectivity index (χ3n) is 7.04. The molecule has 3 aliphatic rings. The van der Waals surface area contributed by atoms with Gasteiger partial charge in [-0.15, -0.1) is 0 Å². The van der Waals surface area contributed by atoms with Gasteiger partial charge in [0.25, 0.3) is 0 Å². The van der Waals surface area contributed by atoms with Crippen LogP contribution in [0.2, 0.25) is 5.02 Å². The number of Topliss-reactive ketones (excluding diaryl/α,β-unsaturated/α-hetero) is 1. The molecule has 3 aromatic rings. The molecule has 6 rings (SSSR count). The number of fused-ring (bicyclic) bond motifs is 4. The summed E-state index contributed by atoms with van der Waals surface area (Å²) in [5.41, 5.74) is 6.76. The van der Waals surface area contributed by atoms with E-state index in [1.165, 1.54) is 16.8 Å². The first-order valence-corrected chi connectivity index (χ1v) is 11.8. The maximum atomic E-state index is 13.1. The van der Waals surface area contributed by atoms with Gasteiger partial charge in [-0.25, -0.2) is 0 Å². The van der Waals surface area contributed by atoms with Crippen LogP contribution in [0.5, 0.6) is 0 Å². The number of carbonyl (C=O) groups excluding carboxylic acids is 1. The monoisotopic (exact) mass is 440 g/mol. The number of benzene rings is 3. The van der Waals surface area contributed by atoms with Crippen molar-refractivity contribution in [2.75, 3.05) is 36.0 Å². The number of hydrogen-bond acceptors (Lipinski definition) is 3. The standard InChI is InChI=1S/C28H25ClN2O/c29-25-18-22(31-14-12-30(13-15-31)21-7-2-1-3-8-21)16-20-10-11-24-23-9-5-4-6-19(23)17-26(32)28(24)27(20)25/h1-3,5,7-11,16,18H,4,6,12-15,17H2. The van der Waals surface area contributed by atoms with Gasteiger partial charge in [0.05, 0.1) is 5.02 Å². The molecule has 2 aliphatic carbocycles. The molecule has 0 spiro atoms. The number of anilines is 2. The minimum Gasteiger partial charge on any atom is -0.368 e. The van der Waals surface area contributed by atoms with Gasteiger partial charge in [0.2, 0.25) is 0 Å². The van der Waals surface area contributed by atoms with Crippen molar-refractivity contribution in [3.05, 3.63) is 88.5 Å². The maximum absolute atomic E-state index is 13.1. The number of piperazine rings is 1. The first kappa shape index (κ1) is 19.6. The van der Waals surface area contributed by atoms with E-state index >= 15 is 0 Å². The van der Waals surface area contributed by atoms with Crippen molar-refractivity contribution in [2.45, 2.75) is 19.3 Å². The summed E-state index contributed by atoms with van der Waals surface area (Å²) < 4.78 is 0. The Bertz CT molecular complexity index is 1280. The maximum Gasteiger partial charge on any atom is 0.168 e. The molecule has 0 radical (unpaired) electrons. The highest BCUT2D eigenvalue weighted by atomic mass is 35.5. The molecule has 4 heteroatoms. The van der Waals surface area contributed by atoms with E-state index in [0.717, 1.165) is 66.6 Å². The fourth-order valence-corrected chi connectivity index (χ4v) is 5.73. The number of allylic oxidation sites excluding steroid dienone is 4. The van der Waals surface area contributed by atoms with E-state index in [0.29, 0.717) is 11.4 Å². The van der Waals surface area contributed by atoms with Crippen molar-refractivity contribution in [2.24, 2.45) is 0 Å². The normalized spacial score (nSPS) is 18.2. The molecule has 1 aliphatic heterocycles. The van der Waals surface area contributed by atoms with Gasteiger partial charge in [0, 0.05) is 54.9 Å². The Morgan fingerprint density at radius 3 is 2.38 bits per heavy atom. The van der Waals surface area contributed by atoms with Crippen LogP contribution in [-0.2, 0) is 0 Å². The number of hydrogen-bond donors (Lipinski definition) is 0. The Morgan fingerprint density at radius 2 is 1.59 bits per heavy atom. The SMILES string of the molecule is O=C1CC2=C(C=CCC2)c2ccc3cc(N4CCN(c5ccccc5)CC4)cc(Cl)c3c21. The van der Waals surface area contributed by atoms with Crippen LogP contribution in [0.15, 0.2) is 72.3 Å². The largest absolute Gasteiger partial charge is 0.368 e. The van der Waals surface area contributed by atoms with Crippen molar-refractivity contribution in [3.8, 4) is 0 Å². The van der Waals surface area contributed by atoms with E-state index in [-0.39, 0.29) is 5.78 Å². The van der Waals surface area contributed by atoms with Crippen LogP contribution in [0.4, 0.5) is 11.4 Å². The smallest absolute Gasteiger partial charge is 0.168 e. The molecule has 0 bridgehead atoms. The number of halogens is 1. The zero-order chi connectivity index (χ0) is 21.7. The molecule has 1 fully saturated rings. The van der Waals surface area contributed by atoms with Crippen LogP contribution in [0.1, 0.15) is 35.2 Å². The zero-order valence-corrected chi connectivity index (χ0v) is 18.7. The molecule has 3 nitrogen and oxygen atoms in total. The van der Waals surface area contributed by atoms with E-state index in [4.69, 9.17) is 11.6 Å². The summed E-state index contributed by atoms with van der Waals surface area (Å²) in [6.45, 7) is 3.85. The fraction of sp³-hybridized carbons (Fsp3) is 0.250. The highest BCUT2D eigenvalue weighted by Crippen LogP contribution is 2.42. The number of rotatable bonds is 2. The lowest BCUT2D eigenvalue weighted by atomic mass is 9.79. The molecule has 0 saturated carbocycles. The van der Waals surface area contributed by atoms with Gasteiger partial charge in [-0.3, -0.25) is 4.79 Å². The summed E-state index contributed by atoms with van der Waals surface area (Å²) in [5, 5.41) is 2.64. The molecule has 0 aromatic heterocycles. The lowest BCUT2D eigenvalue weighted by Gasteiger charge is -2.37. The van der Waals surface area contributed by atoms with Gasteiger partial charge in [-0.1, -0.05) is 59.7 Å². The molecule has 0 N–H and O–H groups in total. The van der Waals surface area contributed by atoms with E-state index in [2.05, 4.69) is 76.5 Å². The zero-order valence-electron chi connectivity index (χ0n) is 18.0. The van der Waals surface area contributed by atoms with E-state index in [1.54, 1.807) is 0 Å². The molecular weight excluding hydrogens is 416 g/mol. The van der Waals surface area contributed by atoms with Crippen LogP contribution in [-0.4, -0.2) is 32.0 Å². The molecule has 160 valence electrons. The van der Waals surface area contributed by atoms with Gasteiger partial charge in [-0.2, -0.15) is 0 Å². The van der Waals surface area contributed by atoms with Crippen LogP contribution in [0.25, 0.3) is 16.3 Å². The first-order chi connectivity index (χ1) is 15.7. The summed E-state index contributed by atoms with van der Waals surface area (Å²) in [7, 11) is 0. The number of nitrogens with zero attached hydrogens (tertiary/aromatic N) is 2. The van der Waals surface area contributed by atoms with Crippen molar-refractivity contribution in [1.82, 2.24) is 0 Å². The van der Waals surface area contributed by atoms with Gasteiger partial charge < -0.3 is 9.80 Å². The fourth-order valence-electron chi connectivity index (χ4n) is 5.41. The average molecular weight is 441 g/mol. The van der Waals surface area contributed by atoms with Crippen LogP contribution in [0.3, 0.4) is 0 Å². The van der Waals surface area contributed by atoms with E-state index < -0.39 is 0 Å². The number of ketones is 1.